The van der Waals surface area contributed by atoms with Gasteiger partial charge in [-0.25, -0.2) is 0 Å². The maximum Gasteiger partial charge on any atom is 0.306 e. The molecule has 0 spiro atoms. The van der Waals surface area contributed by atoms with Crippen LogP contribution in [0.15, 0.2) is 36.5 Å². The smallest absolute Gasteiger partial charge is 0.306 e. The molecule has 0 aliphatic carbocycles. The Labute approximate surface area is 388 Å². The van der Waals surface area contributed by atoms with E-state index in [2.05, 4.69) is 92.7 Å². The lowest BCUT2D eigenvalue weighted by atomic mass is 10.1. The summed E-state index contributed by atoms with van der Waals surface area (Å²) in [5, 5.41) is 0. The van der Waals surface area contributed by atoms with E-state index in [9.17, 15) is 14.4 Å². The molecular formula is C57H92O6. The third-order valence-electron chi connectivity index (χ3n) is 10.7. The van der Waals surface area contributed by atoms with Crippen LogP contribution < -0.4 is 0 Å². The first-order chi connectivity index (χ1) is 31.0. The van der Waals surface area contributed by atoms with Crippen molar-refractivity contribution < 1.29 is 28.6 Å². The number of esters is 3. The lowest BCUT2D eigenvalue weighted by Crippen LogP contribution is -2.30. The highest BCUT2D eigenvalue weighted by Crippen LogP contribution is 2.13. The monoisotopic (exact) mass is 873 g/mol. The summed E-state index contributed by atoms with van der Waals surface area (Å²) in [7, 11) is 0. The fourth-order valence-electron chi connectivity index (χ4n) is 6.71. The van der Waals surface area contributed by atoms with Crippen molar-refractivity contribution in [3.8, 4) is 35.5 Å². The highest BCUT2D eigenvalue weighted by Gasteiger charge is 2.19. The van der Waals surface area contributed by atoms with Crippen molar-refractivity contribution in [1.82, 2.24) is 0 Å². The van der Waals surface area contributed by atoms with Crippen molar-refractivity contribution in [2.75, 3.05) is 13.2 Å². The number of hydrogen-bond donors (Lipinski definition) is 0. The van der Waals surface area contributed by atoms with Crippen LogP contribution in [0.2, 0.25) is 0 Å². The average Bonchev–Trinajstić information content (AvgIpc) is 3.28. The second-order valence-corrected chi connectivity index (χ2v) is 16.9. The van der Waals surface area contributed by atoms with Crippen LogP contribution >= 0.6 is 0 Å². The van der Waals surface area contributed by atoms with Gasteiger partial charge in [-0.05, 0) is 77.0 Å². The third kappa shape index (κ3) is 49.2. The van der Waals surface area contributed by atoms with Crippen LogP contribution in [0.25, 0.3) is 0 Å². The van der Waals surface area contributed by atoms with Gasteiger partial charge in [0.2, 0.25) is 0 Å². The minimum absolute atomic E-state index is 0.106. The summed E-state index contributed by atoms with van der Waals surface area (Å²) in [6.45, 7) is 6.42. The number of hydrogen-bond acceptors (Lipinski definition) is 6. The maximum atomic E-state index is 12.8. The summed E-state index contributed by atoms with van der Waals surface area (Å²) < 4.78 is 16.7. The van der Waals surface area contributed by atoms with Crippen LogP contribution in [0.5, 0.6) is 0 Å². The van der Waals surface area contributed by atoms with Gasteiger partial charge in [-0.1, -0.05) is 171 Å². The van der Waals surface area contributed by atoms with Gasteiger partial charge in [0.15, 0.2) is 6.10 Å². The van der Waals surface area contributed by atoms with E-state index in [1.807, 2.05) is 0 Å². The van der Waals surface area contributed by atoms with Crippen molar-refractivity contribution in [2.24, 2.45) is 0 Å². The van der Waals surface area contributed by atoms with Gasteiger partial charge in [0.25, 0.3) is 0 Å². The summed E-state index contributed by atoms with van der Waals surface area (Å²) in [4.78, 5) is 38.0. The molecule has 0 aromatic heterocycles. The van der Waals surface area contributed by atoms with Gasteiger partial charge in [0.05, 0.1) is 0 Å². The van der Waals surface area contributed by atoms with Crippen molar-refractivity contribution in [1.29, 1.82) is 0 Å². The standard InChI is InChI=1S/C57H92O6/c1-4-7-10-13-16-19-22-25-28-31-34-37-40-43-46-49-55(58)61-52-54(63-57(60)51-48-45-42-39-36-33-30-27-24-21-18-15-12-9-6-3)53-62-56(59)50-47-44-41-38-35-32-29-26-23-20-17-14-11-8-5-2/h25-30,54H,4-15,22-24,31-53H2,1-3H3/b28-25-,29-26-,30-27-. The van der Waals surface area contributed by atoms with E-state index >= 15 is 0 Å². The molecule has 0 aliphatic rings. The van der Waals surface area contributed by atoms with Gasteiger partial charge in [0.1, 0.15) is 13.2 Å². The number of ether oxygens (including phenoxy) is 3. The van der Waals surface area contributed by atoms with Crippen LogP contribution in [0.4, 0.5) is 0 Å². The molecule has 6 nitrogen and oxygen atoms in total. The first-order valence-electron chi connectivity index (χ1n) is 25.9. The Morgan fingerprint density at radius 3 is 1.03 bits per heavy atom. The lowest BCUT2D eigenvalue weighted by Gasteiger charge is -2.18. The fraction of sp³-hybridized carbons (Fsp3) is 0.737. The van der Waals surface area contributed by atoms with E-state index in [4.69, 9.17) is 14.2 Å². The molecule has 0 rings (SSSR count). The van der Waals surface area contributed by atoms with Gasteiger partial charge in [-0.15, -0.1) is 17.8 Å². The first kappa shape index (κ1) is 59.3. The molecule has 0 radical (unpaired) electrons. The van der Waals surface area contributed by atoms with E-state index in [0.717, 1.165) is 154 Å². The van der Waals surface area contributed by atoms with E-state index in [1.165, 1.54) is 57.8 Å². The molecule has 0 aromatic rings. The second-order valence-electron chi connectivity index (χ2n) is 16.9. The maximum absolute atomic E-state index is 12.8. The zero-order valence-corrected chi connectivity index (χ0v) is 40.9. The molecule has 0 aliphatic heterocycles. The Bertz CT molecular complexity index is 1290. The Balaban J connectivity index is 4.48. The Morgan fingerprint density at radius 2 is 0.683 bits per heavy atom. The first-order valence-corrected chi connectivity index (χ1v) is 25.9. The van der Waals surface area contributed by atoms with Crippen LogP contribution in [-0.4, -0.2) is 37.2 Å². The van der Waals surface area contributed by atoms with Gasteiger partial charge in [-0.2, -0.15) is 0 Å². The van der Waals surface area contributed by atoms with Crippen LogP contribution in [0.3, 0.4) is 0 Å². The molecule has 0 aromatic carbocycles. The van der Waals surface area contributed by atoms with Gasteiger partial charge in [0, 0.05) is 57.8 Å². The summed E-state index contributed by atoms with van der Waals surface area (Å²) in [6, 6.07) is 0. The molecule has 0 saturated carbocycles. The minimum Gasteiger partial charge on any atom is -0.462 e. The van der Waals surface area contributed by atoms with E-state index < -0.39 is 6.10 Å². The van der Waals surface area contributed by atoms with Crippen molar-refractivity contribution in [2.45, 2.75) is 258 Å². The van der Waals surface area contributed by atoms with Gasteiger partial charge < -0.3 is 14.2 Å². The average molecular weight is 873 g/mol. The molecule has 0 bridgehead atoms. The molecule has 0 saturated heterocycles. The number of rotatable bonds is 41. The minimum atomic E-state index is -0.807. The lowest BCUT2D eigenvalue weighted by molar-refractivity contribution is -0.167. The number of unbranched alkanes of at least 4 members (excludes halogenated alkanes) is 24. The molecule has 0 unspecified atom stereocenters. The van der Waals surface area contributed by atoms with Crippen molar-refractivity contribution in [3.63, 3.8) is 0 Å². The number of allylic oxidation sites excluding steroid dienone is 6. The Morgan fingerprint density at radius 1 is 0.365 bits per heavy atom. The molecule has 0 fully saturated rings. The molecule has 63 heavy (non-hydrogen) atoms. The zero-order chi connectivity index (χ0) is 45.8. The molecule has 6 heteroatoms. The van der Waals surface area contributed by atoms with E-state index in [-0.39, 0.29) is 31.1 Å². The molecule has 0 N–H and O–H groups in total. The normalized spacial score (nSPS) is 11.0. The van der Waals surface area contributed by atoms with Crippen LogP contribution in [0.1, 0.15) is 252 Å². The Hall–Kier alpha value is -3.69. The van der Waals surface area contributed by atoms with E-state index in [0.29, 0.717) is 19.3 Å². The highest BCUT2D eigenvalue weighted by molar-refractivity contribution is 5.71. The highest BCUT2D eigenvalue weighted by atomic mass is 16.6. The quantitative estimate of drug-likeness (QED) is 0.0200. The molecule has 0 heterocycles. The van der Waals surface area contributed by atoms with Gasteiger partial charge >= 0.3 is 17.9 Å². The summed E-state index contributed by atoms with van der Waals surface area (Å²) in [5.41, 5.74) is 0. The summed E-state index contributed by atoms with van der Waals surface area (Å²) in [6.07, 6.45) is 48.2. The second kappa shape index (κ2) is 50.9. The van der Waals surface area contributed by atoms with Crippen molar-refractivity contribution in [3.05, 3.63) is 36.5 Å². The number of carbonyl (C=O) groups excluding carboxylic acids is 3. The topological polar surface area (TPSA) is 78.9 Å². The summed E-state index contributed by atoms with van der Waals surface area (Å²) in [5.74, 6) is 18.5. The van der Waals surface area contributed by atoms with Gasteiger partial charge in [-0.3, -0.25) is 14.4 Å². The largest absolute Gasteiger partial charge is 0.462 e. The Kier molecular flexibility index (Phi) is 48.0. The SMILES string of the molecule is CCCCCC#CC/C=C\CCCCCCCC(=O)OCC(COC(=O)CCCCCCC/C=C\CC#CCCCCC)OC(=O)CCCCCCC/C=C\CC#CCCCCC. The van der Waals surface area contributed by atoms with Crippen LogP contribution in [0, 0.1) is 35.5 Å². The zero-order valence-electron chi connectivity index (χ0n) is 40.9. The molecule has 0 atom stereocenters. The van der Waals surface area contributed by atoms with E-state index in [1.54, 1.807) is 0 Å². The predicted molar refractivity (Wildman–Crippen MR) is 266 cm³/mol. The fourth-order valence-corrected chi connectivity index (χ4v) is 6.71. The number of carbonyl (C=O) groups is 3. The van der Waals surface area contributed by atoms with Crippen LogP contribution in [-0.2, 0) is 28.6 Å². The predicted octanol–water partition coefficient (Wildman–Crippen LogP) is 15.8. The molecular weight excluding hydrogens is 781 g/mol. The third-order valence-corrected chi connectivity index (χ3v) is 10.7. The summed E-state index contributed by atoms with van der Waals surface area (Å²) >= 11 is 0. The van der Waals surface area contributed by atoms with Crippen molar-refractivity contribution >= 4 is 17.9 Å². The molecule has 0 amide bonds. The molecule has 356 valence electrons.